The van der Waals surface area contributed by atoms with Crippen LogP contribution >= 0.6 is 0 Å². The van der Waals surface area contributed by atoms with Gasteiger partial charge in [-0.2, -0.15) is 5.10 Å². The Kier molecular flexibility index (Phi) is 4.15. The number of benzene rings is 1. The molecule has 10 nitrogen and oxygen atoms in total. The van der Waals surface area contributed by atoms with Crippen LogP contribution in [-0.2, 0) is 6.42 Å². The van der Waals surface area contributed by atoms with Crippen LogP contribution in [-0.4, -0.2) is 40.6 Å². The van der Waals surface area contributed by atoms with E-state index < -0.39 is 0 Å². The molecular formula is C21H19N7O3. The molecule has 0 amide bonds. The maximum absolute atomic E-state index is 13.1. The maximum Gasteiger partial charge on any atom is 0.346 e. The lowest BCUT2D eigenvalue weighted by molar-refractivity contribution is 0.0623. The first-order valence-electron chi connectivity index (χ1n) is 10.3. The molecule has 156 valence electrons. The highest BCUT2D eigenvalue weighted by atomic mass is 16.5. The lowest BCUT2D eigenvalue weighted by atomic mass is 9.89. The average Bonchev–Trinajstić information content (AvgIpc) is 3.50. The van der Waals surface area contributed by atoms with Crippen LogP contribution in [0, 0.1) is 0 Å². The van der Waals surface area contributed by atoms with Crippen LogP contribution < -0.4 is 10.4 Å². The molecule has 0 N–H and O–H groups in total. The van der Waals surface area contributed by atoms with Gasteiger partial charge in [0.2, 0.25) is 12.3 Å². The van der Waals surface area contributed by atoms with Crippen molar-refractivity contribution in [3.63, 3.8) is 0 Å². The van der Waals surface area contributed by atoms with E-state index in [1.165, 1.54) is 6.39 Å². The second-order valence-corrected chi connectivity index (χ2v) is 7.83. The molecule has 1 aromatic carbocycles. The van der Waals surface area contributed by atoms with Gasteiger partial charge in [-0.15, -0.1) is 10.2 Å². The molecule has 0 spiro atoms. The molecular weight excluding hydrogens is 398 g/mol. The van der Waals surface area contributed by atoms with Gasteiger partial charge >= 0.3 is 5.69 Å². The number of aryl methyl sites for hydroxylation is 1. The molecule has 0 unspecified atom stereocenters. The monoisotopic (exact) mass is 417 g/mol. The fraction of sp³-hybridized carbons (Fsp3) is 0.333. The zero-order valence-electron chi connectivity index (χ0n) is 16.5. The third-order valence-corrected chi connectivity index (χ3v) is 5.94. The Balaban J connectivity index is 1.16. The quantitative estimate of drug-likeness (QED) is 0.486. The average molecular weight is 417 g/mol. The topological polar surface area (TPSA) is 114 Å². The van der Waals surface area contributed by atoms with Gasteiger partial charge < -0.3 is 9.15 Å². The Morgan fingerprint density at radius 2 is 2.13 bits per heavy atom. The molecule has 1 saturated carbocycles. The van der Waals surface area contributed by atoms with E-state index in [-0.39, 0.29) is 23.9 Å². The van der Waals surface area contributed by atoms with Gasteiger partial charge in [-0.25, -0.2) is 9.48 Å². The van der Waals surface area contributed by atoms with E-state index in [1.54, 1.807) is 27.8 Å². The van der Waals surface area contributed by atoms with E-state index in [0.717, 1.165) is 48.5 Å². The molecule has 4 heterocycles. The van der Waals surface area contributed by atoms with Crippen molar-refractivity contribution < 1.29 is 9.15 Å². The Morgan fingerprint density at radius 3 is 2.94 bits per heavy atom. The van der Waals surface area contributed by atoms with E-state index in [9.17, 15) is 4.79 Å². The summed E-state index contributed by atoms with van der Waals surface area (Å²) >= 11 is 0. The maximum atomic E-state index is 13.1. The Morgan fingerprint density at radius 1 is 1.19 bits per heavy atom. The van der Waals surface area contributed by atoms with Gasteiger partial charge in [-0.3, -0.25) is 14.5 Å². The van der Waals surface area contributed by atoms with Crippen LogP contribution in [0.15, 0.2) is 58.5 Å². The SMILES string of the molecule is O=c1n(C2CC(Oc3cccc(-c4nnco4)c3)C2)nc2n1[C@H](c1cnccn1)CC2. The minimum atomic E-state index is -0.0930. The molecule has 0 bridgehead atoms. The molecule has 6 rings (SSSR count). The van der Waals surface area contributed by atoms with Gasteiger partial charge in [-0.05, 0) is 24.6 Å². The number of fused-ring (bicyclic) bond motifs is 1. The number of hydrogen-bond acceptors (Lipinski definition) is 8. The highest BCUT2D eigenvalue weighted by Gasteiger charge is 2.38. The van der Waals surface area contributed by atoms with Gasteiger partial charge in [0, 0.05) is 37.2 Å². The Bertz CT molecular complexity index is 1260. The summed E-state index contributed by atoms with van der Waals surface area (Å²) in [4.78, 5) is 21.6. The molecule has 1 fully saturated rings. The number of nitrogens with zero attached hydrogens (tertiary/aromatic N) is 7. The summed E-state index contributed by atoms with van der Waals surface area (Å²) in [6, 6.07) is 7.51. The molecule has 1 aliphatic heterocycles. The van der Waals surface area contributed by atoms with Gasteiger partial charge in [0.25, 0.3) is 0 Å². The van der Waals surface area contributed by atoms with Crippen molar-refractivity contribution in [2.75, 3.05) is 0 Å². The second kappa shape index (κ2) is 7.15. The van der Waals surface area contributed by atoms with E-state index in [4.69, 9.17) is 9.15 Å². The van der Waals surface area contributed by atoms with Crippen LogP contribution in [0.3, 0.4) is 0 Å². The summed E-state index contributed by atoms with van der Waals surface area (Å²) in [6.07, 6.45) is 9.40. The summed E-state index contributed by atoms with van der Waals surface area (Å²) in [5.74, 6) is 2.01. The molecule has 0 saturated heterocycles. The van der Waals surface area contributed by atoms with Crippen LogP contribution in [0.5, 0.6) is 5.75 Å². The standard InChI is InChI=1S/C21H19N7O3/c29-21-27-18(17-11-22-6-7-23-17)4-5-19(27)26-28(21)14-9-16(10-14)31-15-3-1-2-13(8-15)20-25-24-12-30-20/h1-3,6-8,11-12,14,16,18H,4-5,9-10H2/t14?,16?,18-/m0/s1. The zero-order chi connectivity index (χ0) is 20.8. The predicted molar refractivity (Wildman–Crippen MR) is 107 cm³/mol. The fourth-order valence-corrected chi connectivity index (χ4v) is 4.34. The first kappa shape index (κ1) is 18.0. The number of ether oxygens (including phenoxy) is 1. The first-order valence-corrected chi connectivity index (χ1v) is 10.3. The van der Waals surface area contributed by atoms with Crippen molar-refractivity contribution in [2.24, 2.45) is 0 Å². The Hall–Kier alpha value is -3.82. The van der Waals surface area contributed by atoms with Crippen LogP contribution in [0.4, 0.5) is 0 Å². The van der Waals surface area contributed by atoms with Crippen molar-refractivity contribution in [2.45, 2.75) is 43.9 Å². The zero-order valence-corrected chi connectivity index (χ0v) is 16.5. The number of hydrogen-bond donors (Lipinski definition) is 0. The minimum absolute atomic E-state index is 0.0298. The molecule has 0 radical (unpaired) electrons. The molecule has 2 aliphatic rings. The molecule has 1 aliphatic carbocycles. The van der Waals surface area contributed by atoms with Crippen LogP contribution in [0.2, 0.25) is 0 Å². The third kappa shape index (κ3) is 3.11. The van der Waals surface area contributed by atoms with Crippen molar-refractivity contribution >= 4 is 0 Å². The Labute approximate surface area is 176 Å². The van der Waals surface area contributed by atoms with E-state index in [2.05, 4.69) is 25.3 Å². The summed E-state index contributed by atoms with van der Waals surface area (Å²) < 4.78 is 14.7. The smallest absolute Gasteiger partial charge is 0.346 e. The highest BCUT2D eigenvalue weighted by Crippen LogP contribution is 2.36. The van der Waals surface area contributed by atoms with Gasteiger partial charge in [0.1, 0.15) is 17.7 Å². The summed E-state index contributed by atoms with van der Waals surface area (Å²) in [6.45, 7) is 0. The van der Waals surface area contributed by atoms with Gasteiger partial charge in [-0.1, -0.05) is 6.07 Å². The fourth-order valence-electron chi connectivity index (χ4n) is 4.34. The van der Waals surface area contributed by atoms with E-state index in [1.807, 2.05) is 24.3 Å². The lowest BCUT2D eigenvalue weighted by Crippen LogP contribution is -2.41. The number of rotatable bonds is 5. The molecule has 1 atom stereocenters. The lowest BCUT2D eigenvalue weighted by Gasteiger charge is -2.34. The second-order valence-electron chi connectivity index (χ2n) is 7.83. The molecule has 31 heavy (non-hydrogen) atoms. The summed E-state index contributed by atoms with van der Waals surface area (Å²) in [7, 11) is 0. The molecule has 4 aromatic rings. The third-order valence-electron chi connectivity index (χ3n) is 5.94. The van der Waals surface area contributed by atoms with Crippen molar-refractivity contribution in [3.05, 3.63) is 71.3 Å². The van der Waals surface area contributed by atoms with Gasteiger partial charge in [0.05, 0.1) is 24.0 Å². The van der Waals surface area contributed by atoms with Crippen LogP contribution in [0.1, 0.15) is 42.9 Å². The molecule has 3 aromatic heterocycles. The van der Waals surface area contributed by atoms with Crippen molar-refractivity contribution in [1.82, 2.24) is 34.5 Å². The highest BCUT2D eigenvalue weighted by molar-refractivity contribution is 5.55. The summed E-state index contributed by atoms with van der Waals surface area (Å²) in [5, 5.41) is 12.2. The normalized spacial score (nSPS) is 22.1. The first-order chi connectivity index (χ1) is 15.3. The van der Waals surface area contributed by atoms with E-state index in [0.29, 0.717) is 5.89 Å². The van der Waals surface area contributed by atoms with E-state index >= 15 is 0 Å². The van der Waals surface area contributed by atoms with Crippen LogP contribution in [0.25, 0.3) is 11.5 Å². The largest absolute Gasteiger partial charge is 0.490 e. The van der Waals surface area contributed by atoms with Gasteiger partial charge in [0.15, 0.2) is 0 Å². The van der Waals surface area contributed by atoms with Crippen molar-refractivity contribution in [3.8, 4) is 17.2 Å². The summed E-state index contributed by atoms with van der Waals surface area (Å²) in [5.41, 5.74) is 1.53. The predicted octanol–water partition coefficient (Wildman–Crippen LogP) is 2.20. The number of aromatic nitrogens is 7. The van der Waals surface area contributed by atoms with Crippen molar-refractivity contribution in [1.29, 1.82) is 0 Å². The minimum Gasteiger partial charge on any atom is -0.490 e. The molecule has 10 heteroatoms.